The highest BCUT2D eigenvalue weighted by atomic mass is 16.2. The summed E-state index contributed by atoms with van der Waals surface area (Å²) in [5.74, 6) is 0.699. The number of pyridine rings is 2. The van der Waals surface area contributed by atoms with Crippen molar-refractivity contribution in [2.75, 3.05) is 10.6 Å². The van der Waals surface area contributed by atoms with E-state index in [0.717, 1.165) is 42.6 Å². The van der Waals surface area contributed by atoms with Crippen molar-refractivity contribution in [3.8, 4) is 0 Å². The normalized spacial score (nSPS) is 18.7. The summed E-state index contributed by atoms with van der Waals surface area (Å²) in [5.41, 5.74) is 14.8. The van der Waals surface area contributed by atoms with Gasteiger partial charge in [0.15, 0.2) is 0 Å². The van der Waals surface area contributed by atoms with Crippen LogP contribution in [0.15, 0.2) is 73.3 Å². The minimum atomic E-state index is -0.141. The van der Waals surface area contributed by atoms with E-state index in [0.29, 0.717) is 11.5 Å². The van der Waals surface area contributed by atoms with Crippen LogP contribution in [0.25, 0.3) is 0 Å². The van der Waals surface area contributed by atoms with E-state index in [-0.39, 0.29) is 29.8 Å². The first-order valence-electron chi connectivity index (χ1n) is 12.4. The minimum absolute atomic E-state index is 0.0256. The summed E-state index contributed by atoms with van der Waals surface area (Å²) in [6, 6.07) is 14.6. The molecule has 0 radical (unpaired) electrons. The first-order valence-corrected chi connectivity index (χ1v) is 12.4. The average molecular weight is 489 g/mol. The fourth-order valence-electron chi connectivity index (χ4n) is 4.16. The number of aromatic nitrogens is 2. The zero-order valence-electron chi connectivity index (χ0n) is 20.9. The fourth-order valence-corrected chi connectivity index (χ4v) is 4.16. The number of hydrogen-bond donors (Lipinski definition) is 4. The van der Waals surface area contributed by atoms with Crippen molar-refractivity contribution >= 4 is 23.2 Å². The molecule has 1 fully saturated rings. The zero-order valence-corrected chi connectivity index (χ0v) is 20.9. The maximum atomic E-state index is 12.1. The minimum Gasteiger partial charge on any atom is -0.328 e. The molecule has 0 aliphatic heterocycles. The van der Waals surface area contributed by atoms with Crippen LogP contribution >= 0.6 is 0 Å². The molecule has 2 amide bonds. The van der Waals surface area contributed by atoms with Crippen molar-refractivity contribution in [2.24, 2.45) is 23.3 Å². The van der Waals surface area contributed by atoms with Crippen LogP contribution in [0.1, 0.15) is 61.5 Å². The number of nitrogens with two attached hydrogens (primary N) is 2. The first kappa shape index (κ1) is 27.0. The number of rotatable bonds is 6. The van der Waals surface area contributed by atoms with Gasteiger partial charge >= 0.3 is 0 Å². The number of anilines is 2. The van der Waals surface area contributed by atoms with E-state index in [9.17, 15) is 9.59 Å². The average Bonchev–Trinajstić information content (AvgIpc) is 2.90. The van der Waals surface area contributed by atoms with Gasteiger partial charge in [-0.25, -0.2) is 0 Å². The second-order valence-electron chi connectivity index (χ2n) is 9.30. The van der Waals surface area contributed by atoms with Crippen molar-refractivity contribution in [3.05, 3.63) is 84.4 Å². The Morgan fingerprint density at radius 1 is 0.778 bits per heavy atom. The number of nitrogens with zero attached hydrogens (tertiary/aromatic N) is 2. The van der Waals surface area contributed by atoms with Gasteiger partial charge in [0, 0.05) is 59.7 Å². The van der Waals surface area contributed by atoms with E-state index in [4.69, 9.17) is 11.5 Å². The Hall–Kier alpha value is -3.62. The van der Waals surface area contributed by atoms with Crippen molar-refractivity contribution in [2.45, 2.75) is 51.6 Å². The molecule has 0 bridgehead atoms. The second-order valence-corrected chi connectivity index (χ2v) is 9.30. The lowest BCUT2D eigenvalue weighted by atomic mass is 9.79. The van der Waals surface area contributed by atoms with Gasteiger partial charge in [-0.15, -0.1) is 0 Å². The van der Waals surface area contributed by atoms with E-state index in [2.05, 4.69) is 27.5 Å². The van der Waals surface area contributed by atoms with Crippen LogP contribution in [-0.2, 0) is 4.79 Å². The van der Waals surface area contributed by atoms with Gasteiger partial charge in [-0.1, -0.05) is 12.1 Å². The smallest absolute Gasteiger partial charge is 0.255 e. The lowest BCUT2D eigenvalue weighted by Crippen LogP contribution is -2.33. The monoisotopic (exact) mass is 488 g/mol. The summed E-state index contributed by atoms with van der Waals surface area (Å²) in [5, 5.41) is 5.74. The highest BCUT2D eigenvalue weighted by Crippen LogP contribution is 2.31. The number of nitrogens with one attached hydrogen (secondary N) is 2. The number of carbonyl (C=O) groups is 2. The Kier molecular flexibility index (Phi) is 10.1. The van der Waals surface area contributed by atoms with E-state index in [1.165, 1.54) is 0 Å². The predicted molar refractivity (Wildman–Crippen MR) is 143 cm³/mol. The van der Waals surface area contributed by atoms with Crippen molar-refractivity contribution in [3.63, 3.8) is 0 Å². The molecule has 1 aromatic carbocycles. The second kappa shape index (κ2) is 13.5. The van der Waals surface area contributed by atoms with Gasteiger partial charge in [-0.2, -0.15) is 0 Å². The Morgan fingerprint density at radius 3 is 1.75 bits per heavy atom. The first-order chi connectivity index (χ1) is 17.3. The fraction of sp³-hybridized carbons (Fsp3) is 0.357. The molecular weight excluding hydrogens is 452 g/mol. The summed E-state index contributed by atoms with van der Waals surface area (Å²) < 4.78 is 0. The molecular formula is C28H36N6O2. The Morgan fingerprint density at radius 2 is 1.28 bits per heavy atom. The molecule has 1 saturated carbocycles. The van der Waals surface area contributed by atoms with Crippen LogP contribution < -0.4 is 22.1 Å². The van der Waals surface area contributed by atoms with Gasteiger partial charge in [0.25, 0.3) is 5.91 Å². The van der Waals surface area contributed by atoms with Gasteiger partial charge in [0.2, 0.25) is 5.91 Å². The molecule has 0 saturated heterocycles. The summed E-state index contributed by atoms with van der Waals surface area (Å²) in [6.07, 6.45) is 10.7. The van der Waals surface area contributed by atoms with Crippen molar-refractivity contribution in [1.29, 1.82) is 0 Å². The summed E-state index contributed by atoms with van der Waals surface area (Å²) in [6.45, 7) is 3.97. The largest absolute Gasteiger partial charge is 0.328 e. The van der Waals surface area contributed by atoms with Gasteiger partial charge in [-0.05, 0) is 87.4 Å². The highest BCUT2D eigenvalue weighted by molar-refractivity contribution is 6.04. The van der Waals surface area contributed by atoms with Crippen LogP contribution in [0, 0.1) is 11.8 Å². The topological polar surface area (TPSA) is 136 Å². The molecule has 4 rings (SSSR count). The third-order valence-corrected chi connectivity index (χ3v) is 6.47. The van der Waals surface area contributed by atoms with Crippen LogP contribution in [0.4, 0.5) is 11.4 Å². The van der Waals surface area contributed by atoms with Gasteiger partial charge in [0.1, 0.15) is 0 Å². The van der Waals surface area contributed by atoms with E-state index < -0.39 is 0 Å². The molecule has 1 aliphatic rings. The third kappa shape index (κ3) is 8.25. The lowest BCUT2D eigenvalue weighted by molar-refractivity contribution is -0.121. The van der Waals surface area contributed by atoms with Crippen LogP contribution in [-0.4, -0.2) is 27.8 Å². The van der Waals surface area contributed by atoms with Gasteiger partial charge < -0.3 is 22.1 Å². The predicted octanol–water partition coefficient (Wildman–Crippen LogP) is 4.53. The summed E-state index contributed by atoms with van der Waals surface area (Å²) >= 11 is 0. The maximum Gasteiger partial charge on any atom is 0.255 e. The number of benzene rings is 1. The van der Waals surface area contributed by atoms with Crippen LogP contribution in [0.3, 0.4) is 0 Å². The molecule has 0 spiro atoms. The molecule has 36 heavy (non-hydrogen) atoms. The Labute approximate surface area is 212 Å². The van der Waals surface area contributed by atoms with Gasteiger partial charge in [-0.3, -0.25) is 19.6 Å². The highest BCUT2D eigenvalue weighted by Gasteiger charge is 2.27. The zero-order chi connectivity index (χ0) is 25.9. The molecule has 2 aromatic heterocycles. The van der Waals surface area contributed by atoms with Crippen molar-refractivity contribution in [1.82, 2.24) is 9.97 Å². The number of hydrogen-bond acceptors (Lipinski definition) is 6. The third-order valence-electron chi connectivity index (χ3n) is 6.47. The van der Waals surface area contributed by atoms with E-state index >= 15 is 0 Å². The number of amides is 2. The van der Waals surface area contributed by atoms with Crippen LogP contribution in [0.2, 0.25) is 0 Å². The van der Waals surface area contributed by atoms with Crippen molar-refractivity contribution < 1.29 is 9.59 Å². The molecule has 190 valence electrons. The van der Waals surface area contributed by atoms with Crippen LogP contribution in [0.5, 0.6) is 0 Å². The summed E-state index contributed by atoms with van der Waals surface area (Å²) in [7, 11) is 0. The SMILES string of the molecule is C[C@@H](N)C1CCC(C(=O)Nc2ccncc2)CC1.C[C@@H](N)c1ccc(C(=O)Nc2ccncc2)cc1. The molecule has 3 aromatic rings. The molecule has 1 aliphatic carbocycles. The lowest BCUT2D eigenvalue weighted by Gasteiger charge is -2.29. The molecule has 0 unspecified atom stereocenters. The van der Waals surface area contributed by atoms with Gasteiger partial charge in [0.05, 0.1) is 0 Å². The Bertz CT molecular complexity index is 1080. The number of carbonyl (C=O) groups excluding carboxylic acids is 2. The molecule has 8 heteroatoms. The quantitative estimate of drug-likeness (QED) is 0.402. The molecule has 2 heterocycles. The van der Waals surface area contributed by atoms with E-state index in [1.807, 2.05) is 31.2 Å². The standard InChI is InChI=1S/C14H21N3O.C14H15N3O/c2*1-10(15)11-2-4-12(5-3-11)14(18)17-13-6-8-16-9-7-13/h6-12H,2-5,15H2,1H3,(H,16,17,18);2-10H,15H2,1H3,(H,16,17,18)/t10-,11?,12?;10-/m11/s1. The molecule has 2 atom stereocenters. The van der Waals surface area contributed by atoms with E-state index in [1.54, 1.807) is 49.1 Å². The summed E-state index contributed by atoms with van der Waals surface area (Å²) in [4.78, 5) is 31.8. The molecule has 8 nitrogen and oxygen atoms in total. The maximum absolute atomic E-state index is 12.1. The Balaban J connectivity index is 0.000000201. The molecule has 6 N–H and O–H groups in total.